The maximum atomic E-state index is 6.36. The molecule has 2 N–H and O–H groups in total. The summed E-state index contributed by atoms with van der Waals surface area (Å²) in [6, 6.07) is 0.209. The van der Waals surface area contributed by atoms with Gasteiger partial charge < -0.3 is 5.73 Å². The first-order valence-corrected chi connectivity index (χ1v) is 7.07. The normalized spacial score (nSPS) is 32.6. The van der Waals surface area contributed by atoms with E-state index in [0.717, 1.165) is 16.8 Å². The van der Waals surface area contributed by atoms with Crippen molar-refractivity contribution in [1.29, 1.82) is 0 Å². The smallest absolute Gasteiger partial charge is 0.0897 e. The Labute approximate surface area is 102 Å². The van der Waals surface area contributed by atoms with Crippen LogP contribution in [0.25, 0.3) is 0 Å². The van der Waals surface area contributed by atoms with Crippen molar-refractivity contribution in [3.8, 4) is 0 Å². The summed E-state index contributed by atoms with van der Waals surface area (Å²) in [6.45, 7) is 6.77. The van der Waals surface area contributed by atoms with Gasteiger partial charge in [0.2, 0.25) is 0 Å². The molecule has 1 heterocycles. The molecule has 1 aliphatic rings. The number of thiazole rings is 1. The average Bonchev–Trinajstić information content (AvgIpc) is 2.68. The molecule has 90 valence electrons. The first kappa shape index (κ1) is 12.1. The van der Waals surface area contributed by atoms with Crippen LogP contribution in [-0.4, -0.2) is 4.98 Å². The number of hydrogen-bond donors (Lipinski definition) is 1. The maximum Gasteiger partial charge on any atom is 0.0897 e. The third-order valence-corrected chi connectivity index (χ3v) is 5.13. The molecule has 0 bridgehead atoms. The summed E-state index contributed by atoms with van der Waals surface area (Å²) in [6.07, 6.45) is 5.85. The Bertz CT molecular complexity index is 347. The Kier molecular flexibility index (Phi) is 3.65. The van der Waals surface area contributed by atoms with Crippen molar-refractivity contribution in [1.82, 2.24) is 4.98 Å². The van der Waals surface area contributed by atoms with Crippen molar-refractivity contribution in [3.05, 3.63) is 16.1 Å². The monoisotopic (exact) mass is 238 g/mol. The first-order valence-electron chi connectivity index (χ1n) is 6.26. The molecule has 1 aromatic rings. The molecule has 1 aliphatic carbocycles. The van der Waals surface area contributed by atoms with Gasteiger partial charge in [-0.25, -0.2) is 4.98 Å². The highest BCUT2D eigenvalue weighted by Crippen LogP contribution is 2.39. The average molecular weight is 238 g/mol. The zero-order chi connectivity index (χ0) is 11.7. The number of rotatable bonds is 2. The fourth-order valence-corrected chi connectivity index (χ4v) is 3.56. The number of aryl methyl sites for hydroxylation is 1. The molecule has 4 atom stereocenters. The summed E-state index contributed by atoms with van der Waals surface area (Å²) < 4.78 is 0. The lowest BCUT2D eigenvalue weighted by molar-refractivity contribution is 0.187. The highest BCUT2D eigenvalue weighted by molar-refractivity contribution is 7.11. The standard InChI is InChI=1S/C13H22N2S/c1-8-4-5-11(6-9(8)2)13(14)12-7-15-10(3)16-12/h7-9,11,13H,4-6,14H2,1-3H3. The molecule has 1 saturated carbocycles. The van der Waals surface area contributed by atoms with Crippen molar-refractivity contribution in [2.45, 2.75) is 46.1 Å². The van der Waals surface area contributed by atoms with Crippen LogP contribution in [0.5, 0.6) is 0 Å². The van der Waals surface area contributed by atoms with Crippen LogP contribution < -0.4 is 5.73 Å². The minimum Gasteiger partial charge on any atom is -0.323 e. The second-order valence-corrected chi connectivity index (χ2v) is 6.60. The molecule has 0 aromatic carbocycles. The molecule has 0 amide bonds. The van der Waals surface area contributed by atoms with Gasteiger partial charge in [0.05, 0.1) is 5.01 Å². The highest BCUT2D eigenvalue weighted by Gasteiger charge is 2.29. The number of nitrogens with zero attached hydrogens (tertiary/aromatic N) is 1. The number of nitrogens with two attached hydrogens (primary N) is 1. The van der Waals surface area contributed by atoms with Crippen LogP contribution >= 0.6 is 11.3 Å². The second kappa shape index (κ2) is 4.84. The third kappa shape index (κ3) is 2.46. The van der Waals surface area contributed by atoms with E-state index in [9.17, 15) is 0 Å². The van der Waals surface area contributed by atoms with E-state index in [1.54, 1.807) is 11.3 Å². The summed E-state index contributed by atoms with van der Waals surface area (Å²) in [5, 5.41) is 1.13. The Morgan fingerprint density at radius 3 is 2.69 bits per heavy atom. The van der Waals surface area contributed by atoms with E-state index in [1.807, 2.05) is 13.1 Å². The van der Waals surface area contributed by atoms with Gasteiger partial charge in [-0.05, 0) is 37.5 Å². The molecule has 2 nitrogen and oxygen atoms in total. The Balaban J connectivity index is 2.02. The molecule has 3 heteroatoms. The molecule has 0 aliphatic heterocycles. The Hall–Kier alpha value is -0.410. The van der Waals surface area contributed by atoms with Crippen LogP contribution in [0.1, 0.15) is 49.0 Å². The zero-order valence-electron chi connectivity index (χ0n) is 10.4. The second-order valence-electron chi connectivity index (χ2n) is 5.34. The topological polar surface area (TPSA) is 38.9 Å². The van der Waals surface area contributed by atoms with Crippen LogP contribution in [-0.2, 0) is 0 Å². The predicted octanol–water partition coefficient (Wildman–Crippen LogP) is 3.52. The van der Waals surface area contributed by atoms with Gasteiger partial charge in [-0.15, -0.1) is 11.3 Å². The molecule has 16 heavy (non-hydrogen) atoms. The fraction of sp³-hybridized carbons (Fsp3) is 0.769. The minimum absolute atomic E-state index is 0.209. The van der Waals surface area contributed by atoms with Crippen molar-refractivity contribution >= 4 is 11.3 Å². The zero-order valence-corrected chi connectivity index (χ0v) is 11.3. The Morgan fingerprint density at radius 2 is 2.12 bits per heavy atom. The van der Waals surface area contributed by atoms with E-state index in [1.165, 1.54) is 24.1 Å². The summed E-state index contributed by atoms with van der Waals surface area (Å²) >= 11 is 1.76. The van der Waals surface area contributed by atoms with Crippen LogP contribution in [0.3, 0.4) is 0 Å². The van der Waals surface area contributed by atoms with Crippen LogP contribution in [0.15, 0.2) is 6.20 Å². The van der Waals surface area contributed by atoms with E-state index < -0.39 is 0 Å². The Morgan fingerprint density at radius 1 is 1.38 bits per heavy atom. The number of hydrogen-bond acceptors (Lipinski definition) is 3. The summed E-state index contributed by atoms with van der Waals surface area (Å²) in [4.78, 5) is 5.57. The molecular weight excluding hydrogens is 216 g/mol. The molecule has 1 fully saturated rings. The van der Waals surface area contributed by atoms with Gasteiger partial charge >= 0.3 is 0 Å². The van der Waals surface area contributed by atoms with Crippen LogP contribution in [0.4, 0.5) is 0 Å². The lowest BCUT2D eigenvalue weighted by Gasteiger charge is -2.34. The molecule has 0 saturated heterocycles. The van der Waals surface area contributed by atoms with E-state index >= 15 is 0 Å². The lowest BCUT2D eigenvalue weighted by atomic mass is 9.73. The van der Waals surface area contributed by atoms with E-state index in [4.69, 9.17) is 5.73 Å². The molecule has 1 aromatic heterocycles. The first-order chi connectivity index (χ1) is 7.58. The fourth-order valence-electron chi connectivity index (χ4n) is 2.68. The van der Waals surface area contributed by atoms with Crippen LogP contribution in [0.2, 0.25) is 0 Å². The molecular formula is C13H22N2S. The van der Waals surface area contributed by atoms with E-state index in [2.05, 4.69) is 18.8 Å². The van der Waals surface area contributed by atoms with Gasteiger partial charge in [-0.3, -0.25) is 0 Å². The lowest BCUT2D eigenvalue weighted by Crippen LogP contribution is -2.28. The van der Waals surface area contributed by atoms with Crippen molar-refractivity contribution in [2.75, 3.05) is 0 Å². The van der Waals surface area contributed by atoms with Gasteiger partial charge in [-0.2, -0.15) is 0 Å². The van der Waals surface area contributed by atoms with E-state index in [0.29, 0.717) is 5.92 Å². The van der Waals surface area contributed by atoms with Gasteiger partial charge in [-0.1, -0.05) is 20.3 Å². The SMILES string of the molecule is Cc1ncc(C(N)C2CCC(C)C(C)C2)s1. The predicted molar refractivity (Wildman–Crippen MR) is 69.4 cm³/mol. The van der Waals surface area contributed by atoms with Crippen molar-refractivity contribution < 1.29 is 0 Å². The quantitative estimate of drug-likeness (QED) is 0.856. The summed E-state index contributed by atoms with van der Waals surface area (Å²) in [5.74, 6) is 2.34. The van der Waals surface area contributed by atoms with Gasteiger partial charge in [0.15, 0.2) is 0 Å². The molecule has 0 spiro atoms. The molecule has 2 rings (SSSR count). The number of aromatic nitrogens is 1. The van der Waals surface area contributed by atoms with Crippen molar-refractivity contribution in [2.24, 2.45) is 23.5 Å². The third-order valence-electron chi connectivity index (χ3n) is 4.11. The van der Waals surface area contributed by atoms with E-state index in [-0.39, 0.29) is 6.04 Å². The van der Waals surface area contributed by atoms with Gasteiger partial charge in [0, 0.05) is 17.1 Å². The van der Waals surface area contributed by atoms with Gasteiger partial charge in [0.1, 0.15) is 0 Å². The molecule has 4 unspecified atom stereocenters. The molecule has 0 radical (unpaired) electrons. The summed E-state index contributed by atoms with van der Waals surface area (Å²) in [7, 11) is 0. The van der Waals surface area contributed by atoms with Crippen molar-refractivity contribution in [3.63, 3.8) is 0 Å². The minimum atomic E-state index is 0.209. The van der Waals surface area contributed by atoms with Crippen LogP contribution in [0, 0.1) is 24.7 Å². The summed E-state index contributed by atoms with van der Waals surface area (Å²) in [5.41, 5.74) is 6.36. The van der Waals surface area contributed by atoms with Gasteiger partial charge in [0.25, 0.3) is 0 Å². The highest BCUT2D eigenvalue weighted by atomic mass is 32.1. The largest absolute Gasteiger partial charge is 0.323 e. The maximum absolute atomic E-state index is 6.36.